The van der Waals surface area contributed by atoms with Crippen LogP contribution >= 0.6 is 11.8 Å². The van der Waals surface area contributed by atoms with E-state index < -0.39 is 0 Å². The van der Waals surface area contributed by atoms with E-state index in [-0.39, 0.29) is 0 Å². The van der Waals surface area contributed by atoms with Crippen molar-refractivity contribution in [1.82, 2.24) is 9.97 Å². The summed E-state index contributed by atoms with van der Waals surface area (Å²) in [6, 6.07) is 1.73. The molecule has 1 heterocycles. The minimum Gasteiger partial charge on any atom is -0.290 e. The van der Waals surface area contributed by atoms with E-state index in [2.05, 4.69) is 9.97 Å². The van der Waals surface area contributed by atoms with Crippen molar-refractivity contribution < 1.29 is 4.79 Å². The van der Waals surface area contributed by atoms with Gasteiger partial charge in [-0.2, -0.15) is 0 Å². The van der Waals surface area contributed by atoms with Crippen LogP contribution in [0.4, 0.5) is 0 Å². The van der Waals surface area contributed by atoms with Crippen LogP contribution in [0.25, 0.3) is 0 Å². The summed E-state index contributed by atoms with van der Waals surface area (Å²) in [6.45, 7) is 0. The van der Waals surface area contributed by atoms with Crippen molar-refractivity contribution in [3.8, 4) is 0 Å². The van der Waals surface area contributed by atoms with E-state index in [1.807, 2.05) is 0 Å². The van der Waals surface area contributed by atoms with Crippen molar-refractivity contribution in [3.63, 3.8) is 0 Å². The molecule has 51 valence electrons. The van der Waals surface area contributed by atoms with Crippen molar-refractivity contribution in [1.29, 1.82) is 0 Å². The minimum atomic E-state index is 0.296. The van der Waals surface area contributed by atoms with Gasteiger partial charge in [-0.1, -0.05) is 11.8 Å². The monoisotopic (exact) mass is 153 g/mol. The Morgan fingerprint density at radius 1 is 1.50 bits per heavy atom. The molecule has 0 aliphatic carbocycles. The molecule has 0 aromatic carbocycles. The summed E-state index contributed by atoms with van der Waals surface area (Å²) in [5.41, 5.74) is 0. The van der Waals surface area contributed by atoms with Gasteiger partial charge in [0, 0.05) is 12.4 Å². The van der Waals surface area contributed by atoms with E-state index >= 15 is 0 Å². The van der Waals surface area contributed by atoms with Crippen LogP contribution in [-0.4, -0.2) is 22.0 Å². The van der Waals surface area contributed by atoms with Crippen LogP contribution in [0.5, 0.6) is 0 Å². The van der Waals surface area contributed by atoms with Crippen LogP contribution in [0.3, 0.4) is 0 Å². The highest BCUT2D eigenvalue weighted by Crippen LogP contribution is 2.07. The Morgan fingerprint density at radius 2 is 2.20 bits per heavy atom. The van der Waals surface area contributed by atoms with Crippen LogP contribution in [0, 0.1) is 0 Å². The fraction of sp³-hybridized carbons (Fsp3) is 0.167. The molecule has 0 aliphatic rings. The third-order valence-corrected chi connectivity index (χ3v) is 1.53. The highest BCUT2D eigenvalue weighted by molar-refractivity contribution is 7.99. The SMILES string of the molecule is O=[C]CSc1ncccn1. The van der Waals surface area contributed by atoms with Gasteiger partial charge in [0.25, 0.3) is 0 Å². The molecule has 1 aromatic rings. The van der Waals surface area contributed by atoms with E-state index in [0.717, 1.165) is 0 Å². The Balaban J connectivity index is 2.50. The second-order valence-corrected chi connectivity index (χ2v) is 2.41. The third kappa shape index (κ3) is 2.14. The number of rotatable bonds is 3. The Kier molecular flexibility index (Phi) is 2.89. The number of hydrogen-bond donors (Lipinski definition) is 0. The van der Waals surface area contributed by atoms with Gasteiger partial charge in [0.05, 0.1) is 5.75 Å². The number of carbonyl (C=O) groups excluding carboxylic acids is 1. The van der Waals surface area contributed by atoms with E-state index in [1.54, 1.807) is 24.7 Å². The second kappa shape index (κ2) is 4.00. The standard InChI is InChI=1S/C6H5N2OS/c9-4-5-10-6-7-2-1-3-8-6/h1-3H,5H2. The van der Waals surface area contributed by atoms with Crippen molar-refractivity contribution in [2.24, 2.45) is 0 Å². The number of nitrogens with zero attached hydrogens (tertiary/aromatic N) is 2. The molecular weight excluding hydrogens is 148 g/mol. The zero-order chi connectivity index (χ0) is 7.23. The smallest absolute Gasteiger partial charge is 0.209 e. The summed E-state index contributed by atoms with van der Waals surface area (Å²) in [5.74, 6) is 0.296. The van der Waals surface area contributed by atoms with Crippen LogP contribution in [-0.2, 0) is 4.79 Å². The molecule has 3 nitrogen and oxygen atoms in total. The molecule has 1 rings (SSSR count). The molecular formula is C6H5N2OS. The van der Waals surface area contributed by atoms with Gasteiger partial charge in [-0.05, 0) is 6.07 Å². The predicted octanol–water partition coefficient (Wildman–Crippen LogP) is 0.678. The van der Waals surface area contributed by atoms with Gasteiger partial charge in [0.15, 0.2) is 5.16 Å². The molecule has 0 fully saturated rings. The predicted molar refractivity (Wildman–Crippen MR) is 38.4 cm³/mol. The molecule has 4 heteroatoms. The maximum absolute atomic E-state index is 9.78. The topological polar surface area (TPSA) is 42.9 Å². The maximum atomic E-state index is 9.78. The summed E-state index contributed by atoms with van der Waals surface area (Å²) in [4.78, 5) is 17.6. The fourth-order valence-electron chi connectivity index (χ4n) is 0.454. The van der Waals surface area contributed by atoms with Crippen molar-refractivity contribution >= 4 is 18.0 Å². The van der Waals surface area contributed by atoms with Gasteiger partial charge in [-0.15, -0.1) is 0 Å². The molecule has 1 aromatic heterocycles. The lowest BCUT2D eigenvalue weighted by Gasteiger charge is -1.90. The molecule has 0 saturated carbocycles. The first kappa shape index (κ1) is 7.21. The Hall–Kier alpha value is -0.900. The van der Waals surface area contributed by atoms with E-state index in [0.29, 0.717) is 10.9 Å². The van der Waals surface area contributed by atoms with Crippen molar-refractivity contribution in [2.45, 2.75) is 5.16 Å². The van der Waals surface area contributed by atoms with Crippen molar-refractivity contribution in [2.75, 3.05) is 5.75 Å². The van der Waals surface area contributed by atoms with E-state index in [9.17, 15) is 4.79 Å². The van der Waals surface area contributed by atoms with Crippen molar-refractivity contribution in [3.05, 3.63) is 18.5 Å². The summed E-state index contributed by atoms with van der Waals surface area (Å²) >= 11 is 1.27. The van der Waals surface area contributed by atoms with Gasteiger partial charge < -0.3 is 0 Å². The van der Waals surface area contributed by atoms with Gasteiger partial charge in [-0.3, -0.25) is 4.79 Å². The normalized spacial score (nSPS) is 9.20. The molecule has 0 atom stereocenters. The zero-order valence-corrected chi connectivity index (χ0v) is 5.97. The first-order chi connectivity index (χ1) is 4.93. The number of thioether (sulfide) groups is 1. The average Bonchev–Trinajstić information content (AvgIpc) is 2.03. The summed E-state index contributed by atoms with van der Waals surface area (Å²) in [7, 11) is 0. The van der Waals surface area contributed by atoms with Gasteiger partial charge in [-0.25, -0.2) is 9.97 Å². The molecule has 10 heavy (non-hydrogen) atoms. The number of hydrogen-bond acceptors (Lipinski definition) is 4. The number of aromatic nitrogens is 2. The second-order valence-electron chi connectivity index (χ2n) is 1.46. The largest absolute Gasteiger partial charge is 0.290 e. The highest BCUT2D eigenvalue weighted by atomic mass is 32.2. The third-order valence-electron chi connectivity index (χ3n) is 0.802. The van der Waals surface area contributed by atoms with Gasteiger partial charge in [0.2, 0.25) is 6.29 Å². The molecule has 0 spiro atoms. The first-order valence-electron chi connectivity index (χ1n) is 2.68. The lowest BCUT2D eigenvalue weighted by Crippen LogP contribution is -1.85. The quantitative estimate of drug-likeness (QED) is 0.473. The molecule has 0 bridgehead atoms. The van der Waals surface area contributed by atoms with Gasteiger partial charge >= 0.3 is 0 Å². The molecule has 0 aliphatic heterocycles. The van der Waals surface area contributed by atoms with Crippen LogP contribution in [0.2, 0.25) is 0 Å². The van der Waals surface area contributed by atoms with E-state index in [4.69, 9.17) is 0 Å². The molecule has 0 unspecified atom stereocenters. The lowest BCUT2D eigenvalue weighted by atomic mass is 10.7. The Labute approximate surface area is 62.9 Å². The van der Waals surface area contributed by atoms with E-state index in [1.165, 1.54) is 11.8 Å². The molecule has 1 radical (unpaired) electrons. The first-order valence-corrected chi connectivity index (χ1v) is 3.67. The van der Waals surface area contributed by atoms with Crippen LogP contribution < -0.4 is 0 Å². The minimum absolute atomic E-state index is 0.296. The van der Waals surface area contributed by atoms with Gasteiger partial charge in [0.1, 0.15) is 0 Å². The maximum Gasteiger partial charge on any atom is 0.209 e. The summed E-state index contributed by atoms with van der Waals surface area (Å²) in [5, 5.41) is 0.617. The lowest BCUT2D eigenvalue weighted by molar-refractivity contribution is 0.560. The molecule has 0 saturated heterocycles. The van der Waals surface area contributed by atoms with Crippen LogP contribution in [0.1, 0.15) is 0 Å². The summed E-state index contributed by atoms with van der Waals surface area (Å²) in [6.07, 6.45) is 5.03. The Bertz CT molecular complexity index is 202. The summed E-state index contributed by atoms with van der Waals surface area (Å²) < 4.78 is 0. The average molecular weight is 153 g/mol. The fourth-order valence-corrected chi connectivity index (χ4v) is 0.913. The molecule has 0 amide bonds. The van der Waals surface area contributed by atoms with Crippen LogP contribution in [0.15, 0.2) is 23.6 Å². The molecule has 0 N–H and O–H groups in total. The Morgan fingerprint density at radius 3 is 2.80 bits per heavy atom. The highest BCUT2D eigenvalue weighted by Gasteiger charge is 1.92. The zero-order valence-electron chi connectivity index (χ0n) is 5.15.